The van der Waals surface area contributed by atoms with E-state index in [2.05, 4.69) is 9.97 Å². The van der Waals surface area contributed by atoms with Crippen molar-refractivity contribution in [3.63, 3.8) is 0 Å². The van der Waals surface area contributed by atoms with Gasteiger partial charge in [0.1, 0.15) is 17.7 Å². The number of carboxylic acid groups (broad SMARTS) is 1. The van der Waals surface area contributed by atoms with Crippen molar-refractivity contribution in [3.05, 3.63) is 36.2 Å². The minimum Gasteiger partial charge on any atom is -0.508 e. The van der Waals surface area contributed by atoms with Gasteiger partial charge >= 0.3 is 5.97 Å². The number of aromatic nitrogens is 2. The Bertz CT molecular complexity index is 741. The molecule has 0 bridgehead atoms. The molecule has 0 radical (unpaired) electrons. The number of nitrogens with one attached hydrogen (secondary N) is 1. The first-order valence-corrected chi connectivity index (χ1v) is 5.14. The number of H-pyrrole nitrogens is 1. The molecule has 0 aliphatic rings. The third-order valence-corrected chi connectivity index (χ3v) is 2.56. The lowest BCUT2D eigenvalue weighted by Gasteiger charge is -1.90. The van der Waals surface area contributed by atoms with Crippen LogP contribution < -0.4 is 0 Å². The third-order valence-electron chi connectivity index (χ3n) is 2.56. The molecule has 6 nitrogen and oxygen atoms in total. The number of aromatic carboxylic acids is 1. The number of phenols is 1. The minimum atomic E-state index is -1.14. The van der Waals surface area contributed by atoms with E-state index in [1.807, 2.05) is 0 Å². The summed E-state index contributed by atoms with van der Waals surface area (Å²) in [6.07, 6.45) is 1.08. The molecule has 2 aromatic heterocycles. The monoisotopic (exact) mass is 244 g/mol. The van der Waals surface area contributed by atoms with E-state index in [1.54, 1.807) is 24.3 Å². The molecule has 0 aliphatic heterocycles. The topological polar surface area (TPSA) is 99.4 Å². The van der Waals surface area contributed by atoms with Crippen LogP contribution in [0.3, 0.4) is 0 Å². The van der Waals surface area contributed by atoms with Crippen LogP contribution in [0.25, 0.3) is 22.5 Å². The van der Waals surface area contributed by atoms with Gasteiger partial charge in [-0.1, -0.05) is 0 Å². The number of oxazole rings is 1. The Balaban J connectivity index is 2.10. The molecular weight excluding hydrogens is 236 g/mol. The zero-order chi connectivity index (χ0) is 12.7. The molecule has 3 aromatic rings. The van der Waals surface area contributed by atoms with Gasteiger partial charge in [0.05, 0.1) is 0 Å². The molecule has 0 saturated carbocycles. The highest BCUT2D eigenvalue weighted by Gasteiger charge is 2.13. The van der Waals surface area contributed by atoms with Crippen LogP contribution >= 0.6 is 0 Å². The second-order valence-corrected chi connectivity index (χ2v) is 3.80. The summed E-state index contributed by atoms with van der Waals surface area (Å²) >= 11 is 0. The van der Waals surface area contributed by atoms with Crippen LogP contribution in [-0.4, -0.2) is 26.2 Å². The van der Waals surface area contributed by atoms with Crippen LogP contribution in [-0.2, 0) is 0 Å². The number of benzene rings is 1. The van der Waals surface area contributed by atoms with E-state index in [0.29, 0.717) is 5.69 Å². The Morgan fingerprint density at radius 1 is 1.33 bits per heavy atom. The molecule has 0 aliphatic carbocycles. The highest BCUT2D eigenvalue weighted by atomic mass is 16.4. The molecule has 3 N–H and O–H groups in total. The average molecular weight is 244 g/mol. The summed E-state index contributed by atoms with van der Waals surface area (Å²) in [7, 11) is 0. The molecule has 0 amide bonds. The van der Waals surface area contributed by atoms with Gasteiger partial charge in [0, 0.05) is 17.0 Å². The van der Waals surface area contributed by atoms with E-state index < -0.39 is 5.97 Å². The summed E-state index contributed by atoms with van der Waals surface area (Å²) in [5, 5.41) is 19.0. The van der Waals surface area contributed by atoms with Gasteiger partial charge in [-0.3, -0.25) is 0 Å². The summed E-state index contributed by atoms with van der Waals surface area (Å²) in [6.45, 7) is 0. The lowest BCUT2D eigenvalue weighted by molar-refractivity contribution is 0.0690. The van der Waals surface area contributed by atoms with E-state index in [-0.39, 0.29) is 17.3 Å². The van der Waals surface area contributed by atoms with Gasteiger partial charge in [-0.2, -0.15) is 0 Å². The van der Waals surface area contributed by atoms with Gasteiger partial charge < -0.3 is 19.6 Å². The molecule has 0 saturated heterocycles. The Morgan fingerprint density at radius 2 is 2.17 bits per heavy atom. The maximum absolute atomic E-state index is 10.7. The molecule has 2 heterocycles. The Kier molecular flexibility index (Phi) is 2.09. The first-order valence-electron chi connectivity index (χ1n) is 5.14. The molecule has 90 valence electrons. The Hall–Kier alpha value is -2.76. The average Bonchev–Trinajstić information content (AvgIpc) is 2.93. The Labute approximate surface area is 101 Å². The fraction of sp³-hybridized carbons (Fsp3) is 0. The number of carboxylic acids is 1. The molecule has 3 rings (SSSR count). The number of phenolic OH excluding ortho intramolecular Hbond substituents is 1. The van der Waals surface area contributed by atoms with Crippen LogP contribution in [0.4, 0.5) is 0 Å². The van der Waals surface area contributed by atoms with Crippen molar-refractivity contribution in [2.45, 2.75) is 0 Å². The van der Waals surface area contributed by atoms with Crippen LogP contribution in [0.2, 0.25) is 0 Å². The van der Waals surface area contributed by atoms with E-state index >= 15 is 0 Å². The fourth-order valence-corrected chi connectivity index (χ4v) is 1.73. The number of rotatable bonds is 2. The van der Waals surface area contributed by atoms with Crippen molar-refractivity contribution in [1.82, 2.24) is 9.97 Å². The lowest BCUT2D eigenvalue weighted by atomic mass is 10.2. The zero-order valence-electron chi connectivity index (χ0n) is 9.04. The fourth-order valence-electron chi connectivity index (χ4n) is 1.73. The third kappa shape index (κ3) is 1.60. The summed E-state index contributed by atoms with van der Waals surface area (Å²) in [5.41, 5.74) is 1.13. The lowest BCUT2D eigenvalue weighted by Crippen LogP contribution is -1.95. The largest absolute Gasteiger partial charge is 0.508 e. The van der Waals surface area contributed by atoms with Crippen LogP contribution in [0.1, 0.15) is 10.5 Å². The standard InChI is InChI=1S/C12H8N2O4/c15-7-2-1-6-3-9(13-8(6)4-7)11-14-10(5-18-11)12(16)17/h1-5,13,15H,(H,16,17). The Morgan fingerprint density at radius 3 is 2.89 bits per heavy atom. The number of aromatic amines is 1. The number of nitrogens with zero attached hydrogens (tertiary/aromatic N) is 1. The maximum atomic E-state index is 10.7. The molecule has 18 heavy (non-hydrogen) atoms. The maximum Gasteiger partial charge on any atom is 0.357 e. The van der Waals surface area contributed by atoms with Gasteiger partial charge in [-0.25, -0.2) is 9.78 Å². The number of aromatic hydroxyl groups is 1. The molecule has 0 unspecified atom stereocenters. The zero-order valence-corrected chi connectivity index (χ0v) is 9.04. The first kappa shape index (κ1) is 10.4. The summed E-state index contributed by atoms with van der Waals surface area (Å²) in [4.78, 5) is 17.5. The molecule has 0 spiro atoms. The van der Waals surface area contributed by atoms with Crippen molar-refractivity contribution in [1.29, 1.82) is 0 Å². The number of carbonyl (C=O) groups is 1. The second kappa shape index (κ2) is 3.63. The quantitative estimate of drug-likeness (QED) is 0.641. The van der Waals surface area contributed by atoms with Crippen LogP contribution in [0, 0.1) is 0 Å². The van der Waals surface area contributed by atoms with E-state index in [4.69, 9.17) is 9.52 Å². The molecule has 1 aromatic carbocycles. The first-order chi connectivity index (χ1) is 8.63. The molecule has 6 heteroatoms. The van der Waals surface area contributed by atoms with E-state index in [1.165, 1.54) is 0 Å². The summed E-state index contributed by atoms with van der Waals surface area (Å²) < 4.78 is 5.09. The molecule has 0 fully saturated rings. The SMILES string of the molecule is O=C(O)c1coc(-c2cc3ccc(O)cc3[nH]2)n1. The van der Waals surface area contributed by atoms with Crippen molar-refractivity contribution in [2.24, 2.45) is 0 Å². The number of hydrogen-bond donors (Lipinski definition) is 3. The van der Waals surface area contributed by atoms with Crippen LogP contribution in [0.5, 0.6) is 5.75 Å². The number of fused-ring (bicyclic) bond motifs is 1. The van der Waals surface area contributed by atoms with Crippen molar-refractivity contribution >= 4 is 16.9 Å². The van der Waals surface area contributed by atoms with Gasteiger partial charge in [0.2, 0.25) is 5.89 Å². The van der Waals surface area contributed by atoms with E-state index in [9.17, 15) is 9.90 Å². The predicted molar refractivity (Wildman–Crippen MR) is 62.4 cm³/mol. The number of hydrogen-bond acceptors (Lipinski definition) is 4. The van der Waals surface area contributed by atoms with Crippen molar-refractivity contribution in [3.8, 4) is 17.3 Å². The normalized spacial score (nSPS) is 10.9. The van der Waals surface area contributed by atoms with Crippen molar-refractivity contribution < 1.29 is 19.4 Å². The second-order valence-electron chi connectivity index (χ2n) is 3.80. The molecule has 0 atom stereocenters. The summed E-state index contributed by atoms with van der Waals surface area (Å²) in [6, 6.07) is 6.65. The van der Waals surface area contributed by atoms with Crippen LogP contribution in [0.15, 0.2) is 34.9 Å². The van der Waals surface area contributed by atoms with Crippen molar-refractivity contribution in [2.75, 3.05) is 0 Å². The highest BCUT2D eigenvalue weighted by molar-refractivity contribution is 5.87. The van der Waals surface area contributed by atoms with Gasteiger partial charge in [0.25, 0.3) is 0 Å². The predicted octanol–water partition coefficient (Wildman–Crippen LogP) is 2.23. The van der Waals surface area contributed by atoms with Gasteiger partial charge in [0.15, 0.2) is 5.69 Å². The summed E-state index contributed by atoms with van der Waals surface area (Å²) in [5.74, 6) is -0.795. The highest BCUT2D eigenvalue weighted by Crippen LogP contribution is 2.26. The molecular formula is C12H8N2O4. The smallest absolute Gasteiger partial charge is 0.357 e. The minimum absolute atomic E-state index is 0.147. The van der Waals surface area contributed by atoms with Gasteiger partial charge in [-0.15, -0.1) is 0 Å². The van der Waals surface area contributed by atoms with Gasteiger partial charge in [-0.05, 0) is 18.2 Å². The van der Waals surface area contributed by atoms with E-state index in [0.717, 1.165) is 17.2 Å².